The van der Waals surface area contributed by atoms with Crippen LogP contribution >= 0.6 is 12.2 Å². The van der Waals surface area contributed by atoms with Crippen molar-refractivity contribution in [2.75, 3.05) is 6.61 Å². The third-order valence-corrected chi connectivity index (χ3v) is 4.40. The average Bonchev–Trinajstić information content (AvgIpc) is 2.50. The zero-order valence-electron chi connectivity index (χ0n) is 12.2. The summed E-state index contributed by atoms with van der Waals surface area (Å²) in [6, 6.07) is 3.62. The molecule has 5 atom stereocenters. The zero-order valence-corrected chi connectivity index (χ0v) is 13.0. The summed E-state index contributed by atoms with van der Waals surface area (Å²) in [6.07, 6.45) is -6.52. The third kappa shape index (κ3) is 2.67. The lowest BCUT2D eigenvalue weighted by molar-refractivity contribution is -0.252. The van der Waals surface area contributed by atoms with Crippen LogP contribution in [0.15, 0.2) is 6.07 Å². The van der Waals surface area contributed by atoms with E-state index in [4.69, 9.17) is 22.2 Å². The van der Waals surface area contributed by atoms with Gasteiger partial charge in [0.1, 0.15) is 35.1 Å². The van der Waals surface area contributed by atoms with E-state index in [0.29, 0.717) is 5.69 Å². The lowest BCUT2D eigenvalue weighted by Gasteiger charge is -2.41. The molecule has 0 radical (unpaired) electrons. The Kier molecular flexibility index (Phi) is 4.97. The van der Waals surface area contributed by atoms with E-state index < -0.39 is 37.3 Å². The first kappa shape index (κ1) is 17.0. The molecule has 1 aliphatic rings. The molecule has 1 saturated heterocycles. The van der Waals surface area contributed by atoms with Crippen LogP contribution in [0.2, 0.25) is 0 Å². The van der Waals surface area contributed by atoms with Crippen molar-refractivity contribution in [1.82, 2.24) is 4.57 Å². The highest BCUT2D eigenvalue weighted by molar-refractivity contribution is 7.71. The van der Waals surface area contributed by atoms with Crippen LogP contribution in [-0.2, 0) is 4.74 Å². The number of hydrogen-bond acceptors (Lipinski definition) is 7. The number of nitrogens with zero attached hydrogens (tertiary/aromatic N) is 2. The van der Waals surface area contributed by atoms with Crippen molar-refractivity contribution in [1.29, 1.82) is 5.26 Å². The number of aromatic nitrogens is 1. The van der Waals surface area contributed by atoms with E-state index in [2.05, 4.69) is 0 Å². The number of rotatable bonds is 2. The molecule has 1 aliphatic heterocycles. The molecule has 0 saturated carbocycles. The first-order valence-electron chi connectivity index (χ1n) is 6.76. The van der Waals surface area contributed by atoms with E-state index in [9.17, 15) is 20.4 Å². The summed E-state index contributed by atoms with van der Waals surface area (Å²) in [5.41, 5.74) is 1.67. The normalized spacial score (nSPS) is 31.8. The number of aliphatic hydroxyl groups is 4. The minimum absolute atomic E-state index is 0.162. The lowest BCUT2D eigenvalue weighted by Crippen LogP contribution is -2.56. The standard InChI is InChI=1S/C14H18N2O5S/c1-6-3-8(4-15)14(22)16(7(6)2)13-12(20)11(19)10(18)9(5-17)21-13/h3,9-13,17-20H,5H2,1-2H3/t9-,10+,11+,12-,13-/m1/s1. The number of aliphatic hydroxyl groups excluding tert-OH is 4. The summed E-state index contributed by atoms with van der Waals surface area (Å²) in [7, 11) is 0. The van der Waals surface area contributed by atoms with E-state index in [1.54, 1.807) is 19.9 Å². The van der Waals surface area contributed by atoms with Gasteiger partial charge in [-0.1, -0.05) is 12.2 Å². The number of nitriles is 1. The molecule has 120 valence electrons. The fourth-order valence-corrected chi connectivity index (χ4v) is 2.88. The molecular formula is C14H18N2O5S. The zero-order chi connectivity index (χ0) is 16.6. The van der Waals surface area contributed by atoms with E-state index in [1.165, 1.54) is 4.57 Å². The minimum atomic E-state index is -1.50. The van der Waals surface area contributed by atoms with Crippen LogP contribution < -0.4 is 0 Å². The van der Waals surface area contributed by atoms with E-state index in [1.807, 2.05) is 6.07 Å². The van der Waals surface area contributed by atoms with Crippen LogP contribution in [0.3, 0.4) is 0 Å². The summed E-state index contributed by atoms with van der Waals surface area (Å²) in [5.74, 6) is 0. The Hall–Kier alpha value is -1.34. The van der Waals surface area contributed by atoms with Gasteiger partial charge in [0, 0.05) is 5.69 Å². The fourth-order valence-electron chi connectivity index (χ4n) is 2.54. The Morgan fingerprint density at radius 1 is 1.27 bits per heavy atom. The molecular weight excluding hydrogens is 308 g/mol. The Morgan fingerprint density at radius 3 is 2.45 bits per heavy atom. The van der Waals surface area contributed by atoms with Gasteiger partial charge in [0.15, 0.2) is 6.23 Å². The first-order valence-corrected chi connectivity index (χ1v) is 7.17. The SMILES string of the molecule is Cc1cc(C#N)c(=S)n([C@@H]2O[C@H](CO)[C@H](O)[C@H](O)[C@H]2O)c1C. The second-order valence-corrected chi connectivity index (χ2v) is 5.72. The molecule has 1 fully saturated rings. The molecule has 0 aromatic carbocycles. The van der Waals surface area contributed by atoms with Crippen LogP contribution in [0.5, 0.6) is 0 Å². The maximum absolute atomic E-state index is 10.2. The minimum Gasteiger partial charge on any atom is -0.394 e. The van der Waals surface area contributed by atoms with Crippen LogP contribution in [0.25, 0.3) is 0 Å². The van der Waals surface area contributed by atoms with Crippen LogP contribution in [-0.4, -0.2) is 56.0 Å². The van der Waals surface area contributed by atoms with E-state index in [0.717, 1.165) is 5.56 Å². The molecule has 2 heterocycles. The Bertz CT molecular complexity index is 666. The number of pyridine rings is 1. The van der Waals surface area contributed by atoms with Gasteiger partial charge in [-0.15, -0.1) is 0 Å². The number of aryl methyl sites for hydroxylation is 1. The second kappa shape index (κ2) is 6.42. The molecule has 0 amide bonds. The Morgan fingerprint density at radius 2 is 1.91 bits per heavy atom. The molecule has 8 heteroatoms. The van der Waals surface area contributed by atoms with Gasteiger partial charge in [0.05, 0.1) is 12.2 Å². The molecule has 7 nitrogen and oxygen atoms in total. The quantitative estimate of drug-likeness (QED) is 0.550. The predicted molar refractivity (Wildman–Crippen MR) is 78.5 cm³/mol. The molecule has 2 rings (SSSR count). The number of hydrogen-bond donors (Lipinski definition) is 4. The molecule has 1 aromatic heterocycles. The van der Waals surface area contributed by atoms with Crippen molar-refractivity contribution in [3.8, 4) is 6.07 Å². The highest BCUT2D eigenvalue weighted by Crippen LogP contribution is 2.31. The van der Waals surface area contributed by atoms with Crippen molar-refractivity contribution < 1.29 is 25.2 Å². The third-order valence-electron chi connectivity index (χ3n) is 3.98. The van der Waals surface area contributed by atoms with Gasteiger partial charge in [-0.25, -0.2) is 0 Å². The fraction of sp³-hybridized carbons (Fsp3) is 0.571. The largest absolute Gasteiger partial charge is 0.394 e. The molecule has 0 aliphatic carbocycles. The van der Waals surface area contributed by atoms with Crippen LogP contribution in [0, 0.1) is 29.8 Å². The van der Waals surface area contributed by atoms with Gasteiger partial charge in [-0.3, -0.25) is 0 Å². The maximum atomic E-state index is 10.2. The van der Waals surface area contributed by atoms with E-state index >= 15 is 0 Å². The summed E-state index contributed by atoms with van der Waals surface area (Å²) in [4.78, 5) is 0. The Labute approximate surface area is 132 Å². The number of ether oxygens (including phenoxy) is 1. The van der Waals surface area contributed by atoms with Gasteiger partial charge in [-0.05, 0) is 25.5 Å². The summed E-state index contributed by atoms with van der Waals surface area (Å²) in [5, 5.41) is 48.4. The maximum Gasteiger partial charge on any atom is 0.164 e. The first-order chi connectivity index (χ1) is 10.3. The van der Waals surface area contributed by atoms with Gasteiger partial charge in [-0.2, -0.15) is 5.26 Å². The molecule has 1 aromatic rings. The highest BCUT2D eigenvalue weighted by Gasteiger charge is 2.44. The Balaban J connectivity index is 2.58. The van der Waals surface area contributed by atoms with Crippen LogP contribution in [0.1, 0.15) is 23.0 Å². The summed E-state index contributed by atoms with van der Waals surface area (Å²) in [6.45, 7) is 3.00. The van der Waals surface area contributed by atoms with Crippen molar-refractivity contribution in [2.45, 2.75) is 44.5 Å². The average molecular weight is 326 g/mol. The van der Waals surface area contributed by atoms with E-state index in [-0.39, 0.29) is 10.2 Å². The molecule has 0 unspecified atom stereocenters. The van der Waals surface area contributed by atoms with Crippen molar-refractivity contribution in [2.24, 2.45) is 0 Å². The molecule has 0 spiro atoms. The van der Waals surface area contributed by atoms with Gasteiger partial charge < -0.3 is 29.7 Å². The van der Waals surface area contributed by atoms with Gasteiger partial charge in [0.2, 0.25) is 0 Å². The second-order valence-electron chi connectivity index (χ2n) is 5.33. The summed E-state index contributed by atoms with van der Waals surface area (Å²) < 4.78 is 7.11. The predicted octanol–water partition coefficient (Wildman–Crippen LogP) is -0.321. The van der Waals surface area contributed by atoms with Gasteiger partial charge >= 0.3 is 0 Å². The van der Waals surface area contributed by atoms with Gasteiger partial charge in [0.25, 0.3) is 0 Å². The van der Waals surface area contributed by atoms with Crippen molar-refractivity contribution in [3.63, 3.8) is 0 Å². The molecule has 0 bridgehead atoms. The highest BCUT2D eigenvalue weighted by atomic mass is 32.1. The molecule has 22 heavy (non-hydrogen) atoms. The lowest BCUT2D eigenvalue weighted by atomic mass is 9.97. The van der Waals surface area contributed by atoms with Crippen LogP contribution in [0.4, 0.5) is 0 Å². The monoisotopic (exact) mass is 326 g/mol. The smallest absolute Gasteiger partial charge is 0.164 e. The summed E-state index contributed by atoms with van der Waals surface area (Å²) >= 11 is 5.26. The topological polar surface area (TPSA) is 119 Å². The molecule has 4 N–H and O–H groups in total. The van der Waals surface area contributed by atoms with Crippen molar-refractivity contribution in [3.05, 3.63) is 27.5 Å². The van der Waals surface area contributed by atoms with Crippen molar-refractivity contribution >= 4 is 12.2 Å².